The quantitative estimate of drug-likeness (QED) is 0.429. The normalized spacial score (nSPS) is 11.2. The smallest absolute Gasteiger partial charge is 0.344 e. The van der Waals surface area contributed by atoms with Gasteiger partial charge in [0, 0.05) is 16.5 Å². The maximum Gasteiger partial charge on any atom is 0.344 e. The van der Waals surface area contributed by atoms with Gasteiger partial charge in [0.05, 0.1) is 18.3 Å². The molecule has 4 rings (SSSR count). The van der Waals surface area contributed by atoms with Crippen LogP contribution in [0, 0.1) is 12.7 Å². The van der Waals surface area contributed by atoms with Gasteiger partial charge in [-0.25, -0.2) is 14.2 Å². The zero-order valence-corrected chi connectivity index (χ0v) is 16.2. The summed E-state index contributed by atoms with van der Waals surface area (Å²) in [6.07, 6.45) is 1.45. The van der Waals surface area contributed by atoms with Crippen LogP contribution in [0.5, 0.6) is 5.88 Å². The molecule has 0 aliphatic rings. The van der Waals surface area contributed by atoms with Crippen LogP contribution in [0.4, 0.5) is 10.1 Å². The number of hydrogen-bond donors (Lipinski definition) is 3. The Morgan fingerprint density at radius 1 is 1.33 bits per heavy atom. The molecule has 30 heavy (non-hydrogen) atoms. The molecule has 154 valence electrons. The summed E-state index contributed by atoms with van der Waals surface area (Å²) in [5.74, 6) is -0.825. The van der Waals surface area contributed by atoms with Crippen molar-refractivity contribution in [3.8, 4) is 17.0 Å². The lowest BCUT2D eigenvalue weighted by Crippen LogP contribution is -2.17. The van der Waals surface area contributed by atoms with E-state index in [1.807, 2.05) is 0 Å². The first-order valence-electron chi connectivity index (χ1n) is 9.14. The van der Waals surface area contributed by atoms with Gasteiger partial charge < -0.3 is 20.2 Å². The molecule has 0 spiro atoms. The summed E-state index contributed by atoms with van der Waals surface area (Å²) in [6.45, 7) is 3.35. The minimum Gasteiger partial charge on any atom is -0.465 e. The van der Waals surface area contributed by atoms with E-state index in [9.17, 15) is 14.0 Å². The summed E-state index contributed by atoms with van der Waals surface area (Å²) in [6, 6.07) is 4.44. The van der Waals surface area contributed by atoms with Crippen LogP contribution in [-0.4, -0.2) is 39.3 Å². The first kappa shape index (κ1) is 19.4. The molecule has 1 aromatic carbocycles. The molecule has 9 nitrogen and oxygen atoms in total. The fourth-order valence-corrected chi connectivity index (χ4v) is 3.28. The van der Waals surface area contributed by atoms with Crippen LogP contribution in [-0.2, 0) is 9.53 Å². The molecular formula is C20H18FN5O4. The standard InChI is InChI=1S/C20H18FN5O4/c1-3-29-14(27)8-30-20-9(2)6-13-18(25-20)15(16(22)19(28)24-13)10-4-5-12(21)17-11(10)7-23-26-17/h4-7H,3,8,22H2,1-2H3,(H,23,26)(H,24,28). The van der Waals surface area contributed by atoms with Gasteiger partial charge in [-0.2, -0.15) is 5.10 Å². The van der Waals surface area contributed by atoms with Gasteiger partial charge in [-0.15, -0.1) is 0 Å². The number of hydrogen-bond acceptors (Lipinski definition) is 7. The molecule has 4 N–H and O–H groups in total. The molecular weight excluding hydrogens is 393 g/mol. The van der Waals surface area contributed by atoms with Gasteiger partial charge in [-0.3, -0.25) is 9.89 Å². The van der Waals surface area contributed by atoms with E-state index in [-0.39, 0.29) is 30.3 Å². The van der Waals surface area contributed by atoms with Crippen molar-refractivity contribution < 1.29 is 18.7 Å². The highest BCUT2D eigenvalue weighted by Gasteiger charge is 2.20. The van der Waals surface area contributed by atoms with E-state index in [1.165, 1.54) is 18.3 Å². The number of nitrogens with zero attached hydrogens (tertiary/aromatic N) is 2. The van der Waals surface area contributed by atoms with Crippen LogP contribution >= 0.6 is 0 Å². The van der Waals surface area contributed by atoms with E-state index in [2.05, 4.69) is 20.2 Å². The summed E-state index contributed by atoms with van der Waals surface area (Å²) >= 11 is 0. The number of H-pyrrole nitrogens is 2. The second-order valence-electron chi connectivity index (χ2n) is 6.60. The van der Waals surface area contributed by atoms with E-state index in [1.54, 1.807) is 19.9 Å². The van der Waals surface area contributed by atoms with Gasteiger partial charge >= 0.3 is 5.97 Å². The van der Waals surface area contributed by atoms with E-state index in [0.717, 1.165) is 0 Å². The Bertz CT molecular complexity index is 1340. The molecule has 0 fully saturated rings. The molecule has 0 unspecified atom stereocenters. The monoisotopic (exact) mass is 411 g/mol. The molecule has 0 atom stereocenters. The Morgan fingerprint density at radius 3 is 2.90 bits per heavy atom. The van der Waals surface area contributed by atoms with Crippen molar-refractivity contribution >= 4 is 33.6 Å². The number of nitrogens with two attached hydrogens (primary N) is 1. The SMILES string of the molecule is CCOC(=O)COc1nc2c(-c3ccc(F)c4[nH]ncc34)c(N)c(=O)[nH]c2cc1C. The fraction of sp³-hybridized carbons (Fsp3) is 0.200. The second kappa shape index (κ2) is 7.47. The van der Waals surface area contributed by atoms with Gasteiger partial charge in [0.2, 0.25) is 5.88 Å². The molecule has 0 aliphatic carbocycles. The number of halogens is 1. The van der Waals surface area contributed by atoms with Gasteiger partial charge in [-0.05, 0) is 31.5 Å². The number of carbonyl (C=O) groups excluding carboxylic acids is 1. The average Bonchev–Trinajstić information content (AvgIpc) is 3.20. The minimum absolute atomic E-state index is 0.0793. The third kappa shape index (κ3) is 3.21. The number of aryl methyl sites for hydroxylation is 1. The van der Waals surface area contributed by atoms with Gasteiger partial charge in [-0.1, -0.05) is 6.07 Å². The van der Waals surface area contributed by atoms with Gasteiger partial charge in [0.1, 0.15) is 22.5 Å². The third-order valence-corrected chi connectivity index (χ3v) is 4.63. The van der Waals surface area contributed by atoms with Crippen molar-refractivity contribution in [2.45, 2.75) is 13.8 Å². The van der Waals surface area contributed by atoms with Gasteiger partial charge in [0.15, 0.2) is 6.61 Å². The Hall–Kier alpha value is -3.95. The Balaban J connectivity index is 1.94. The molecule has 4 aromatic rings. The van der Waals surface area contributed by atoms with Crippen LogP contribution in [0.3, 0.4) is 0 Å². The molecule has 10 heteroatoms. The first-order chi connectivity index (χ1) is 14.4. The molecule has 0 bridgehead atoms. The average molecular weight is 411 g/mol. The zero-order chi connectivity index (χ0) is 21.4. The predicted octanol–water partition coefficient (Wildman–Crippen LogP) is 2.44. The number of ether oxygens (including phenoxy) is 2. The second-order valence-corrected chi connectivity index (χ2v) is 6.60. The van der Waals surface area contributed by atoms with E-state index >= 15 is 0 Å². The maximum absolute atomic E-state index is 14.1. The largest absolute Gasteiger partial charge is 0.465 e. The predicted molar refractivity (Wildman–Crippen MR) is 109 cm³/mol. The van der Waals surface area contributed by atoms with Crippen molar-refractivity contribution in [2.24, 2.45) is 0 Å². The van der Waals surface area contributed by atoms with Crippen LogP contribution in [0.1, 0.15) is 12.5 Å². The van der Waals surface area contributed by atoms with Crippen LogP contribution in [0.15, 0.2) is 29.2 Å². The maximum atomic E-state index is 14.1. The summed E-state index contributed by atoms with van der Waals surface area (Å²) in [5.41, 5.74) is 7.88. The number of benzene rings is 1. The lowest BCUT2D eigenvalue weighted by Gasteiger charge is -2.13. The Morgan fingerprint density at radius 2 is 2.13 bits per heavy atom. The fourth-order valence-electron chi connectivity index (χ4n) is 3.28. The summed E-state index contributed by atoms with van der Waals surface area (Å²) in [4.78, 5) is 31.3. The van der Waals surface area contributed by atoms with Crippen LogP contribution in [0.2, 0.25) is 0 Å². The number of aromatic amines is 2. The zero-order valence-electron chi connectivity index (χ0n) is 16.2. The van der Waals surface area contributed by atoms with Crippen molar-refractivity contribution in [1.82, 2.24) is 20.2 Å². The number of rotatable bonds is 5. The number of aromatic nitrogens is 4. The van der Waals surface area contributed by atoms with Crippen molar-refractivity contribution in [3.05, 3.63) is 46.1 Å². The number of nitrogen functional groups attached to an aromatic ring is 1. The molecule has 0 aliphatic heterocycles. The molecule has 0 radical (unpaired) electrons. The Kier molecular flexibility index (Phi) is 4.82. The number of nitrogens with one attached hydrogen (secondary N) is 2. The van der Waals surface area contributed by atoms with Crippen LogP contribution < -0.4 is 16.0 Å². The third-order valence-electron chi connectivity index (χ3n) is 4.63. The first-order valence-corrected chi connectivity index (χ1v) is 9.14. The number of anilines is 1. The summed E-state index contributed by atoms with van der Waals surface area (Å²) < 4.78 is 24.5. The molecule has 0 saturated heterocycles. The van der Waals surface area contributed by atoms with Gasteiger partial charge in [0.25, 0.3) is 5.56 Å². The van der Waals surface area contributed by atoms with Crippen molar-refractivity contribution in [3.63, 3.8) is 0 Å². The van der Waals surface area contributed by atoms with Crippen molar-refractivity contribution in [2.75, 3.05) is 18.9 Å². The van der Waals surface area contributed by atoms with Crippen molar-refractivity contribution in [1.29, 1.82) is 0 Å². The molecule has 0 saturated carbocycles. The number of esters is 1. The number of fused-ring (bicyclic) bond motifs is 2. The summed E-state index contributed by atoms with van der Waals surface area (Å²) in [7, 11) is 0. The van der Waals surface area contributed by atoms with E-state index in [4.69, 9.17) is 15.2 Å². The minimum atomic E-state index is -0.529. The van der Waals surface area contributed by atoms with E-state index < -0.39 is 17.3 Å². The topological polar surface area (TPSA) is 136 Å². The number of carbonyl (C=O) groups is 1. The molecule has 0 amide bonds. The lowest BCUT2D eigenvalue weighted by atomic mass is 9.99. The number of pyridine rings is 2. The highest BCUT2D eigenvalue weighted by atomic mass is 19.1. The Labute approximate surface area is 169 Å². The lowest BCUT2D eigenvalue weighted by molar-refractivity contribution is -0.145. The highest BCUT2D eigenvalue weighted by Crippen LogP contribution is 2.36. The van der Waals surface area contributed by atoms with E-state index in [0.29, 0.717) is 33.1 Å². The molecule has 3 heterocycles. The summed E-state index contributed by atoms with van der Waals surface area (Å²) in [5, 5.41) is 6.94. The molecule has 3 aromatic heterocycles. The highest BCUT2D eigenvalue weighted by molar-refractivity contribution is 6.06. The van der Waals surface area contributed by atoms with Crippen LogP contribution in [0.25, 0.3) is 33.1 Å².